The Labute approximate surface area is 102 Å². The number of ether oxygens (including phenoxy) is 3. The molecule has 10 heteroatoms. The van der Waals surface area contributed by atoms with Gasteiger partial charge >= 0.3 is 18.1 Å². The predicted molar refractivity (Wildman–Crippen MR) is 52.9 cm³/mol. The Balaban J connectivity index is 4.95. The van der Waals surface area contributed by atoms with Crippen molar-refractivity contribution in [1.29, 1.82) is 0 Å². The van der Waals surface area contributed by atoms with E-state index in [0.29, 0.717) is 6.92 Å². The van der Waals surface area contributed by atoms with Gasteiger partial charge in [-0.2, -0.15) is 13.2 Å². The molecule has 0 saturated heterocycles. The Morgan fingerprint density at radius 1 is 1.44 bits per heavy atom. The van der Waals surface area contributed by atoms with Crippen molar-refractivity contribution >= 4 is 21.7 Å². The van der Waals surface area contributed by atoms with Gasteiger partial charge in [-0.15, -0.1) is 9.24 Å². The van der Waals surface area contributed by atoms with Crippen LogP contribution in [-0.4, -0.2) is 37.1 Å². The summed E-state index contributed by atoms with van der Waals surface area (Å²) in [6.07, 6.45) is -5.74. The zero-order valence-corrected chi connectivity index (χ0v) is 10.4. The molecule has 0 saturated carbocycles. The Hall–Kier alpha value is -0.950. The number of rotatable bonds is 7. The van der Waals surface area contributed by atoms with E-state index in [1.807, 2.05) is 0 Å². The molecule has 0 aromatic carbocycles. The highest BCUT2D eigenvalue weighted by Gasteiger charge is 2.64. The van der Waals surface area contributed by atoms with Crippen molar-refractivity contribution in [2.75, 3.05) is 6.61 Å². The molecule has 0 aliphatic heterocycles. The van der Waals surface area contributed by atoms with Gasteiger partial charge in [0.1, 0.15) is 5.91 Å². The monoisotopic (exact) mass is 294 g/mol. The van der Waals surface area contributed by atoms with Gasteiger partial charge in [0.25, 0.3) is 6.47 Å². The van der Waals surface area contributed by atoms with Crippen molar-refractivity contribution in [3.8, 4) is 0 Å². The predicted octanol–water partition coefficient (Wildman–Crippen LogP) is 1.52. The lowest BCUT2D eigenvalue weighted by Gasteiger charge is -2.31. The van der Waals surface area contributed by atoms with E-state index in [1.54, 1.807) is 9.24 Å². The highest BCUT2D eigenvalue weighted by molar-refractivity contribution is 7.17. The molecular formula is C8H11F4O5P. The number of hydrogen-bond acceptors (Lipinski definition) is 5. The Bertz CT molecular complexity index is 296. The maximum absolute atomic E-state index is 12.7. The Kier molecular flexibility index (Phi) is 6.48. The zero-order chi connectivity index (χ0) is 14.4. The average molecular weight is 294 g/mol. The van der Waals surface area contributed by atoms with Crippen molar-refractivity contribution in [2.24, 2.45) is 0 Å². The molecule has 0 bridgehead atoms. The molecule has 0 N–H and O–H groups in total. The van der Waals surface area contributed by atoms with Crippen LogP contribution in [0.4, 0.5) is 17.6 Å². The van der Waals surface area contributed by atoms with Crippen LogP contribution in [0.25, 0.3) is 0 Å². The first kappa shape index (κ1) is 17.1. The van der Waals surface area contributed by atoms with Gasteiger partial charge in [0.05, 0.1) is 6.61 Å². The van der Waals surface area contributed by atoms with E-state index in [9.17, 15) is 27.2 Å². The largest absolute Gasteiger partial charge is 0.500 e. The fraction of sp³-hybridized carbons (Fsp3) is 0.750. The number of alkyl halides is 4. The summed E-state index contributed by atoms with van der Waals surface area (Å²) in [5.74, 6) is -6.73. The van der Waals surface area contributed by atoms with Gasteiger partial charge in [-0.25, -0.2) is 4.39 Å². The molecule has 0 aromatic heterocycles. The molecule has 0 aliphatic carbocycles. The standard InChI is InChI=1S/C8H11F4O5P/c1-5(14)17-8(16-4-13,7(10,11)12)15-3-2-6(9)18/h4,6H,2-3,18H2,1H3. The first-order chi connectivity index (χ1) is 8.14. The number of carbonyl (C=O) groups is 2. The first-order valence-electron chi connectivity index (χ1n) is 4.56. The summed E-state index contributed by atoms with van der Waals surface area (Å²) in [5.41, 5.74) is 0. The zero-order valence-electron chi connectivity index (χ0n) is 9.20. The summed E-state index contributed by atoms with van der Waals surface area (Å²) in [7, 11) is 1.70. The van der Waals surface area contributed by atoms with Crippen LogP contribution >= 0.6 is 9.24 Å². The second kappa shape index (κ2) is 6.84. The van der Waals surface area contributed by atoms with Crippen LogP contribution in [0.5, 0.6) is 0 Å². The molecule has 0 rings (SSSR count). The molecule has 3 atom stereocenters. The van der Waals surface area contributed by atoms with Gasteiger partial charge in [0.2, 0.25) is 0 Å². The normalized spacial score (nSPS) is 16.6. The smallest absolute Gasteiger partial charge is 0.393 e. The average Bonchev–Trinajstić information content (AvgIpc) is 2.14. The van der Waals surface area contributed by atoms with E-state index >= 15 is 0 Å². The molecular weight excluding hydrogens is 283 g/mol. The third kappa shape index (κ3) is 5.14. The maximum atomic E-state index is 12.7. The van der Waals surface area contributed by atoms with Crippen molar-refractivity contribution in [1.82, 2.24) is 0 Å². The van der Waals surface area contributed by atoms with E-state index in [0.717, 1.165) is 0 Å². The summed E-state index contributed by atoms with van der Waals surface area (Å²) in [5, 5.41) is 0. The van der Waals surface area contributed by atoms with Crippen molar-refractivity contribution < 1.29 is 41.4 Å². The van der Waals surface area contributed by atoms with Gasteiger partial charge in [-0.3, -0.25) is 14.3 Å². The van der Waals surface area contributed by atoms with E-state index in [-0.39, 0.29) is 0 Å². The SMILES string of the molecule is CC(=O)OC(OC=O)(OCCC(F)P)C(F)(F)F. The molecule has 0 aromatic rings. The number of hydrogen-bond donors (Lipinski definition) is 0. The molecule has 3 unspecified atom stereocenters. The molecule has 0 spiro atoms. The van der Waals surface area contributed by atoms with Crippen LogP contribution in [0.15, 0.2) is 0 Å². The van der Waals surface area contributed by atoms with E-state index in [2.05, 4.69) is 14.2 Å². The maximum Gasteiger partial charge on any atom is 0.500 e. The van der Waals surface area contributed by atoms with Crippen LogP contribution in [0.2, 0.25) is 0 Å². The second-order valence-electron chi connectivity index (χ2n) is 3.01. The minimum absolute atomic E-state index is 0.425. The van der Waals surface area contributed by atoms with Crippen LogP contribution in [0.3, 0.4) is 0 Å². The highest BCUT2D eigenvalue weighted by Crippen LogP contribution is 2.36. The first-order valence-corrected chi connectivity index (χ1v) is 5.22. The van der Waals surface area contributed by atoms with Crippen molar-refractivity contribution in [3.05, 3.63) is 0 Å². The quantitative estimate of drug-likeness (QED) is 0.234. The minimum Gasteiger partial charge on any atom is -0.393 e. The number of carbonyl (C=O) groups excluding carboxylic acids is 2. The Morgan fingerprint density at radius 3 is 2.33 bits per heavy atom. The van der Waals surface area contributed by atoms with Crippen LogP contribution < -0.4 is 0 Å². The van der Waals surface area contributed by atoms with Crippen LogP contribution in [0, 0.1) is 0 Å². The third-order valence-electron chi connectivity index (χ3n) is 1.51. The summed E-state index contributed by atoms with van der Waals surface area (Å²) in [6, 6.07) is 0. The molecule has 0 fully saturated rings. The lowest BCUT2D eigenvalue weighted by Crippen LogP contribution is -2.53. The van der Waals surface area contributed by atoms with Gasteiger partial charge in [-0.05, 0) is 0 Å². The number of halogens is 4. The summed E-state index contributed by atoms with van der Waals surface area (Å²) in [4.78, 5) is 20.7. The fourth-order valence-corrected chi connectivity index (χ4v) is 0.989. The van der Waals surface area contributed by atoms with Gasteiger partial charge in [-0.1, -0.05) is 0 Å². The minimum atomic E-state index is -5.31. The third-order valence-corrected chi connectivity index (χ3v) is 1.85. The molecule has 0 amide bonds. The van der Waals surface area contributed by atoms with Gasteiger partial charge in [0, 0.05) is 13.3 Å². The van der Waals surface area contributed by atoms with Crippen molar-refractivity contribution in [3.63, 3.8) is 0 Å². The molecule has 5 nitrogen and oxygen atoms in total. The lowest BCUT2D eigenvalue weighted by molar-refractivity contribution is -0.450. The van der Waals surface area contributed by atoms with Crippen LogP contribution in [-0.2, 0) is 23.8 Å². The van der Waals surface area contributed by atoms with E-state index < -0.39 is 43.5 Å². The van der Waals surface area contributed by atoms with Gasteiger partial charge < -0.3 is 9.47 Å². The van der Waals surface area contributed by atoms with Gasteiger partial charge in [0.15, 0.2) is 0 Å². The molecule has 106 valence electrons. The molecule has 18 heavy (non-hydrogen) atoms. The van der Waals surface area contributed by atoms with Crippen LogP contribution in [0.1, 0.15) is 13.3 Å². The number of esters is 1. The van der Waals surface area contributed by atoms with Crippen molar-refractivity contribution in [2.45, 2.75) is 31.4 Å². The summed E-state index contributed by atoms with van der Waals surface area (Å²) >= 11 is 0. The Morgan fingerprint density at radius 2 is 2.00 bits per heavy atom. The summed E-state index contributed by atoms with van der Waals surface area (Å²) in [6.45, 7) is -0.680. The molecule has 0 radical (unpaired) electrons. The van der Waals surface area contributed by atoms with E-state index in [4.69, 9.17) is 0 Å². The highest BCUT2D eigenvalue weighted by atomic mass is 31.0. The fourth-order valence-electron chi connectivity index (χ4n) is 0.852. The summed E-state index contributed by atoms with van der Waals surface area (Å²) < 4.78 is 62.1. The topological polar surface area (TPSA) is 61.8 Å². The second-order valence-corrected chi connectivity index (χ2v) is 3.74. The molecule has 0 aliphatic rings. The molecule has 0 heterocycles. The van der Waals surface area contributed by atoms with E-state index in [1.165, 1.54) is 0 Å². The lowest BCUT2D eigenvalue weighted by atomic mass is 10.4.